The van der Waals surface area contributed by atoms with Crippen LogP contribution < -0.4 is 0 Å². The molecule has 0 spiro atoms. The second kappa shape index (κ2) is 6.00. The molecule has 0 aromatic heterocycles. The third-order valence-electron chi connectivity index (χ3n) is 3.14. The summed E-state index contributed by atoms with van der Waals surface area (Å²) in [6.45, 7) is 4.31. The molecule has 0 aliphatic heterocycles. The van der Waals surface area contributed by atoms with Gasteiger partial charge in [-0.05, 0) is 24.2 Å². The molecule has 0 fully saturated rings. The van der Waals surface area contributed by atoms with E-state index >= 15 is 0 Å². The van der Waals surface area contributed by atoms with Crippen LogP contribution in [0.5, 0.6) is 0 Å². The summed E-state index contributed by atoms with van der Waals surface area (Å²) in [7, 11) is -0.467. The predicted molar refractivity (Wildman–Crippen MR) is 71.1 cm³/mol. The van der Waals surface area contributed by atoms with E-state index in [1.165, 1.54) is 21.5 Å². The van der Waals surface area contributed by atoms with E-state index in [1.54, 1.807) is 0 Å². The third-order valence-corrected chi connectivity index (χ3v) is 7.02. The van der Waals surface area contributed by atoms with Gasteiger partial charge in [0.05, 0.1) is 9.52 Å². The van der Waals surface area contributed by atoms with Crippen LogP contribution >= 0.6 is 23.2 Å². The first-order valence-electron chi connectivity index (χ1n) is 5.19. The monoisotopic (exact) mass is 346 g/mol. The van der Waals surface area contributed by atoms with Crippen molar-refractivity contribution >= 4 is 32.7 Å². The van der Waals surface area contributed by atoms with E-state index in [2.05, 4.69) is 26.0 Å². The molecule has 0 bridgehead atoms. The zero-order valence-electron chi connectivity index (χ0n) is 9.53. The van der Waals surface area contributed by atoms with Gasteiger partial charge in [-0.2, -0.15) is 0 Å². The van der Waals surface area contributed by atoms with Gasteiger partial charge in [0.2, 0.25) is 0 Å². The molecule has 0 saturated heterocycles. The molecule has 2 aliphatic rings. The smallest absolute Gasteiger partial charge is 0.0889 e. The maximum atomic E-state index is 6.22. The molecular weight excluding hydrogens is 334 g/mol. The van der Waals surface area contributed by atoms with Crippen molar-refractivity contribution in [1.82, 2.24) is 0 Å². The molecule has 0 amide bonds. The van der Waals surface area contributed by atoms with E-state index in [0.717, 1.165) is 22.9 Å². The van der Waals surface area contributed by atoms with Crippen LogP contribution in [0, 0.1) is 0 Å². The van der Waals surface area contributed by atoms with Crippen molar-refractivity contribution in [2.45, 2.75) is 26.7 Å². The van der Waals surface area contributed by atoms with E-state index in [0.29, 0.717) is 0 Å². The summed E-state index contributed by atoms with van der Waals surface area (Å²) in [5.41, 5.74) is 2.73. The molecule has 0 heterocycles. The quantitative estimate of drug-likeness (QED) is 0.667. The Kier molecular flexibility index (Phi) is 5.51. The Labute approximate surface area is 128 Å². The molecule has 0 unspecified atom stereocenters. The Morgan fingerprint density at radius 1 is 0.938 bits per heavy atom. The number of hydrogen-bond donors (Lipinski definition) is 0. The van der Waals surface area contributed by atoms with E-state index in [9.17, 15) is 0 Å². The summed E-state index contributed by atoms with van der Waals surface area (Å²) in [5, 5.41) is 4.88. The maximum Gasteiger partial charge on any atom is 0.0912 e. The van der Waals surface area contributed by atoms with Gasteiger partial charge >= 0.3 is 0 Å². The van der Waals surface area contributed by atoms with Gasteiger partial charge in [-0.1, -0.05) is 46.5 Å². The fraction of sp³-hybridized carbons (Fsp3) is 0.333. The first-order chi connectivity index (χ1) is 7.09. The second-order valence-corrected chi connectivity index (χ2v) is 6.81. The van der Waals surface area contributed by atoms with Crippen LogP contribution in [0.25, 0.3) is 0 Å². The fourth-order valence-corrected chi connectivity index (χ4v) is 4.78. The Balaban J connectivity index is 0.00000128. The van der Waals surface area contributed by atoms with Gasteiger partial charge in [-0.3, -0.25) is 0 Å². The van der Waals surface area contributed by atoms with Crippen molar-refractivity contribution in [3.63, 3.8) is 0 Å². The zero-order chi connectivity index (χ0) is 11.0. The van der Waals surface area contributed by atoms with Crippen LogP contribution in [0.1, 0.15) is 26.7 Å². The molecule has 0 aromatic rings. The summed E-state index contributed by atoms with van der Waals surface area (Å²) in [4.78, 5) is 0. The first kappa shape index (κ1) is 14.7. The summed E-state index contributed by atoms with van der Waals surface area (Å²) in [5.74, 6) is 0. The minimum absolute atomic E-state index is 0. The van der Waals surface area contributed by atoms with Gasteiger partial charge in [0.1, 0.15) is 0 Å². The van der Waals surface area contributed by atoms with Gasteiger partial charge in [0.15, 0.2) is 0 Å². The SMILES string of the molecule is CC1=CCC(Cl)=C1[SiH2]C1=C(Cl)CC=C1C.[Zr]. The Bertz CT molecular complexity index is 390. The van der Waals surface area contributed by atoms with E-state index in [1.807, 2.05) is 0 Å². The molecule has 0 atom stereocenters. The summed E-state index contributed by atoms with van der Waals surface area (Å²) in [6.07, 6.45) is 6.27. The zero-order valence-corrected chi connectivity index (χ0v) is 14.9. The summed E-state index contributed by atoms with van der Waals surface area (Å²) >= 11 is 12.4. The van der Waals surface area contributed by atoms with E-state index in [-0.39, 0.29) is 26.2 Å². The van der Waals surface area contributed by atoms with Crippen LogP contribution in [0.15, 0.2) is 43.8 Å². The van der Waals surface area contributed by atoms with Crippen molar-refractivity contribution < 1.29 is 26.2 Å². The Hall–Kier alpha value is 0.640. The fourth-order valence-electron chi connectivity index (χ4n) is 2.05. The van der Waals surface area contributed by atoms with Gasteiger partial charge < -0.3 is 0 Å². The Morgan fingerprint density at radius 3 is 1.56 bits per heavy atom. The van der Waals surface area contributed by atoms with Crippen molar-refractivity contribution in [3.05, 3.63) is 43.8 Å². The number of allylic oxidation sites excluding steroid dienone is 8. The number of halogens is 2. The molecule has 2 aliphatic carbocycles. The van der Waals surface area contributed by atoms with Crippen LogP contribution in [-0.4, -0.2) is 9.52 Å². The van der Waals surface area contributed by atoms with E-state index < -0.39 is 9.52 Å². The summed E-state index contributed by atoms with van der Waals surface area (Å²) in [6, 6.07) is 0. The molecule has 84 valence electrons. The normalized spacial score (nSPS) is 20.0. The number of rotatable bonds is 2. The minimum Gasteiger partial charge on any atom is -0.0889 e. The van der Waals surface area contributed by atoms with Crippen LogP contribution in [0.2, 0.25) is 0 Å². The molecule has 0 aromatic carbocycles. The van der Waals surface area contributed by atoms with Crippen LogP contribution in [-0.2, 0) is 26.2 Å². The number of hydrogen-bond acceptors (Lipinski definition) is 0. The molecular formula is C12H14Cl2SiZr. The van der Waals surface area contributed by atoms with Crippen molar-refractivity contribution in [1.29, 1.82) is 0 Å². The standard InChI is InChI=1S/C12H14Cl2Si.Zr/c1-7-3-5-9(13)11(7)15-12-8(2)4-6-10(12)14;/h3-4H,5-6,15H2,1-2H3;. The topological polar surface area (TPSA) is 0 Å². The molecule has 0 N–H and O–H groups in total. The van der Waals surface area contributed by atoms with Gasteiger partial charge in [-0.15, -0.1) is 0 Å². The largest absolute Gasteiger partial charge is 0.0912 e. The third kappa shape index (κ3) is 2.90. The molecule has 2 rings (SSSR count). The molecule has 4 heteroatoms. The van der Waals surface area contributed by atoms with Gasteiger partial charge in [-0.25, -0.2) is 0 Å². The van der Waals surface area contributed by atoms with Crippen molar-refractivity contribution in [2.75, 3.05) is 0 Å². The Morgan fingerprint density at radius 2 is 1.31 bits per heavy atom. The van der Waals surface area contributed by atoms with Gasteiger partial charge in [0.25, 0.3) is 0 Å². The van der Waals surface area contributed by atoms with E-state index in [4.69, 9.17) is 23.2 Å². The average Bonchev–Trinajstić information content (AvgIpc) is 2.67. The molecule has 0 nitrogen and oxygen atoms in total. The predicted octanol–water partition coefficient (Wildman–Crippen LogP) is 3.75. The second-order valence-electron chi connectivity index (χ2n) is 4.13. The summed E-state index contributed by atoms with van der Waals surface area (Å²) < 4.78 is 0. The van der Waals surface area contributed by atoms with Gasteiger partial charge in [0, 0.05) is 49.1 Å². The van der Waals surface area contributed by atoms with Crippen molar-refractivity contribution in [2.24, 2.45) is 0 Å². The molecule has 0 radical (unpaired) electrons. The first-order valence-corrected chi connectivity index (χ1v) is 7.36. The maximum absolute atomic E-state index is 6.22. The van der Waals surface area contributed by atoms with Crippen LogP contribution in [0.3, 0.4) is 0 Å². The average molecular weight is 348 g/mol. The molecule has 0 saturated carbocycles. The minimum atomic E-state index is -0.467. The van der Waals surface area contributed by atoms with Crippen molar-refractivity contribution in [3.8, 4) is 0 Å². The van der Waals surface area contributed by atoms with Crippen LogP contribution in [0.4, 0.5) is 0 Å². The molecule has 16 heavy (non-hydrogen) atoms.